The third kappa shape index (κ3) is 53.5. The minimum atomic E-state index is 0.522. The topological polar surface area (TPSA) is 111 Å². The first-order valence-electron chi connectivity index (χ1n) is 22.8. The molecule has 0 spiro atoms. The number of unbranched alkanes of at least 4 members (excludes halogenated alkanes) is 16. The van der Waals surface area contributed by atoms with E-state index in [1.54, 1.807) is 0 Å². The first kappa shape index (κ1) is 55.5. The van der Waals surface area contributed by atoms with E-state index in [0.29, 0.717) is 145 Å². The maximum absolute atomic E-state index is 5.70. The number of ether oxygens (including phenoxy) is 12. The van der Waals surface area contributed by atoms with Crippen LogP contribution in [0.1, 0.15) is 129 Å². The smallest absolute Gasteiger partial charge is 0.0701 e. The van der Waals surface area contributed by atoms with Gasteiger partial charge in [0.25, 0.3) is 0 Å². The van der Waals surface area contributed by atoms with E-state index in [-0.39, 0.29) is 0 Å². The molecule has 0 bridgehead atoms. The lowest BCUT2D eigenvalue weighted by atomic mass is 10.0. The Morgan fingerprint density at radius 1 is 0.143 bits per heavy atom. The van der Waals surface area contributed by atoms with Crippen molar-refractivity contribution in [1.29, 1.82) is 0 Å². The van der Waals surface area contributed by atoms with Crippen LogP contribution in [0.25, 0.3) is 0 Å². The third-order valence-electron chi connectivity index (χ3n) is 8.88. The summed E-state index contributed by atoms with van der Waals surface area (Å²) in [4.78, 5) is 0. The SMILES string of the molecule is CCCCCCCCCCCCCCCCCCOCCOCCOCCOCCOCCOCCOCCOCCOCCOCCOCCOCCCC. The van der Waals surface area contributed by atoms with Gasteiger partial charge in [-0.2, -0.15) is 0 Å². The fraction of sp³-hybridized carbons (Fsp3) is 1.00. The Bertz CT molecular complexity index is 610. The summed E-state index contributed by atoms with van der Waals surface area (Å²) in [6.45, 7) is 18.3. The van der Waals surface area contributed by atoms with Crippen LogP contribution < -0.4 is 0 Å². The molecule has 0 fully saturated rings. The first-order valence-corrected chi connectivity index (χ1v) is 22.8. The van der Waals surface area contributed by atoms with Crippen LogP contribution in [-0.2, 0) is 56.8 Å². The molecule has 0 saturated heterocycles. The lowest BCUT2D eigenvalue weighted by molar-refractivity contribution is -0.0283. The Kier molecular flexibility index (Phi) is 54.1. The van der Waals surface area contributed by atoms with Gasteiger partial charge in [0, 0.05) is 13.2 Å². The molecule has 0 aliphatic rings. The van der Waals surface area contributed by atoms with E-state index in [1.807, 2.05) is 0 Å². The van der Waals surface area contributed by atoms with Crippen LogP contribution in [0.5, 0.6) is 0 Å². The molecule has 0 rings (SSSR count). The largest absolute Gasteiger partial charge is 0.379 e. The van der Waals surface area contributed by atoms with Crippen LogP contribution in [0.15, 0.2) is 0 Å². The number of hydrogen-bond donors (Lipinski definition) is 0. The maximum atomic E-state index is 5.70. The zero-order chi connectivity index (χ0) is 40.2. The molecular weight excluding hydrogens is 720 g/mol. The highest BCUT2D eigenvalue weighted by atomic mass is 16.6. The van der Waals surface area contributed by atoms with Crippen molar-refractivity contribution in [3.05, 3.63) is 0 Å². The Hall–Kier alpha value is -0.480. The van der Waals surface area contributed by atoms with Gasteiger partial charge in [0.05, 0.1) is 145 Å². The molecule has 0 heterocycles. The van der Waals surface area contributed by atoms with Crippen molar-refractivity contribution in [2.45, 2.75) is 129 Å². The van der Waals surface area contributed by atoms with Crippen LogP contribution >= 0.6 is 0 Å². The standard InChI is InChI=1S/C44H90O12/c1-3-5-7-8-9-10-11-12-13-14-15-16-17-18-19-20-22-46-24-26-48-28-30-50-32-34-52-36-38-54-40-42-56-44-43-55-41-39-53-37-35-51-33-31-49-29-27-47-25-23-45-21-6-4-2/h3-44H2,1-2H3. The Balaban J connectivity index is 3.05. The van der Waals surface area contributed by atoms with Gasteiger partial charge in [0.2, 0.25) is 0 Å². The highest BCUT2D eigenvalue weighted by Gasteiger charge is 1.98. The number of hydrogen-bond acceptors (Lipinski definition) is 12. The van der Waals surface area contributed by atoms with E-state index >= 15 is 0 Å². The second-order valence-electron chi connectivity index (χ2n) is 14.0. The van der Waals surface area contributed by atoms with Crippen molar-refractivity contribution >= 4 is 0 Å². The predicted molar refractivity (Wildman–Crippen MR) is 224 cm³/mol. The van der Waals surface area contributed by atoms with E-state index in [9.17, 15) is 0 Å². The van der Waals surface area contributed by atoms with Crippen LogP contribution in [0.3, 0.4) is 0 Å². The average Bonchev–Trinajstić information content (AvgIpc) is 3.21. The molecule has 0 atom stereocenters. The van der Waals surface area contributed by atoms with Crippen LogP contribution in [0, 0.1) is 0 Å². The van der Waals surface area contributed by atoms with Gasteiger partial charge in [-0.1, -0.05) is 117 Å². The molecule has 0 unspecified atom stereocenters. The minimum absolute atomic E-state index is 0.522. The first-order chi connectivity index (χ1) is 27.9. The Morgan fingerprint density at radius 3 is 0.482 bits per heavy atom. The van der Waals surface area contributed by atoms with E-state index in [0.717, 1.165) is 32.5 Å². The molecule has 0 N–H and O–H groups in total. The molecule has 0 aromatic rings. The van der Waals surface area contributed by atoms with Crippen LogP contribution in [0.4, 0.5) is 0 Å². The summed E-state index contributed by atoms with van der Waals surface area (Å²) < 4.78 is 66.3. The van der Waals surface area contributed by atoms with Crippen molar-refractivity contribution < 1.29 is 56.8 Å². The molecule has 0 aliphatic heterocycles. The van der Waals surface area contributed by atoms with Crippen LogP contribution in [-0.4, -0.2) is 159 Å². The molecule has 0 radical (unpaired) electrons. The molecule has 0 amide bonds. The molecule has 0 saturated carbocycles. The molecule has 338 valence electrons. The van der Waals surface area contributed by atoms with Crippen molar-refractivity contribution in [3.8, 4) is 0 Å². The van der Waals surface area contributed by atoms with Crippen molar-refractivity contribution in [2.75, 3.05) is 159 Å². The summed E-state index contributed by atoms with van der Waals surface area (Å²) in [6.07, 6.45) is 24.4. The molecule has 0 aromatic carbocycles. The van der Waals surface area contributed by atoms with E-state index in [2.05, 4.69) is 13.8 Å². The lowest BCUT2D eigenvalue weighted by Gasteiger charge is -2.09. The van der Waals surface area contributed by atoms with Gasteiger partial charge in [0.1, 0.15) is 0 Å². The third-order valence-corrected chi connectivity index (χ3v) is 8.88. The van der Waals surface area contributed by atoms with Crippen LogP contribution in [0.2, 0.25) is 0 Å². The molecule has 12 heteroatoms. The summed E-state index contributed by atoms with van der Waals surface area (Å²) in [5.41, 5.74) is 0. The van der Waals surface area contributed by atoms with Gasteiger partial charge < -0.3 is 56.8 Å². The minimum Gasteiger partial charge on any atom is -0.379 e. The molecule has 0 aromatic heterocycles. The summed E-state index contributed by atoms with van der Waals surface area (Å²) in [6, 6.07) is 0. The number of rotatable bonds is 53. The van der Waals surface area contributed by atoms with Crippen molar-refractivity contribution in [3.63, 3.8) is 0 Å². The van der Waals surface area contributed by atoms with Gasteiger partial charge in [-0.15, -0.1) is 0 Å². The zero-order valence-corrected chi connectivity index (χ0v) is 36.6. The Morgan fingerprint density at radius 2 is 0.286 bits per heavy atom. The fourth-order valence-electron chi connectivity index (χ4n) is 5.52. The van der Waals surface area contributed by atoms with E-state index in [4.69, 9.17) is 56.8 Å². The van der Waals surface area contributed by atoms with Gasteiger partial charge in [-0.25, -0.2) is 0 Å². The van der Waals surface area contributed by atoms with E-state index < -0.39 is 0 Å². The maximum Gasteiger partial charge on any atom is 0.0701 e. The summed E-state index contributed by atoms with van der Waals surface area (Å²) in [7, 11) is 0. The Labute approximate surface area is 344 Å². The average molecular weight is 811 g/mol. The lowest BCUT2D eigenvalue weighted by Crippen LogP contribution is -2.15. The highest BCUT2D eigenvalue weighted by molar-refractivity contribution is 4.50. The monoisotopic (exact) mass is 811 g/mol. The summed E-state index contributed by atoms with van der Waals surface area (Å²) in [5.74, 6) is 0. The fourth-order valence-corrected chi connectivity index (χ4v) is 5.52. The van der Waals surface area contributed by atoms with Gasteiger partial charge in [0.15, 0.2) is 0 Å². The summed E-state index contributed by atoms with van der Waals surface area (Å²) in [5, 5.41) is 0. The van der Waals surface area contributed by atoms with Gasteiger partial charge >= 0.3 is 0 Å². The second kappa shape index (κ2) is 54.5. The molecule has 0 aliphatic carbocycles. The van der Waals surface area contributed by atoms with Crippen molar-refractivity contribution in [1.82, 2.24) is 0 Å². The normalized spacial score (nSPS) is 11.7. The molecular formula is C44H90O12. The second-order valence-corrected chi connectivity index (χ2v) is 14.0. The van der Waals surface area contributed by atoms with Crippen molar-refractivity contribution in [2.24, 2.45) is 0 Å². The highest BCUT2D eigenvalue weighted by Crippen LogP contribution is 2.13. The quantitative estimate of drug-likeness (QED) is 0.0552. The van der Waals surface area contributed by atoms with Gasteiger partial charge in [-0.3, -0.25) is 0 Å². The predicted octanol–water partition coefficient (Wildman–Crippen LogP) is 8.25. The van der Waals surface area contributed by atoms with E-state index in [1.165, 1.54) is 96.3 Å². The zero-order valence-electron chi connectivity index (χ0n) is 36.6. The van der Waals surface area contributed by atoms with Gasteiger partial charge in [-0.05, 0) is 12.8 Å². The molecule has 12 nitrogen and oxygen atoms in total. The molecule has 56 heavy (non-hydrogen) atoms. The summed E-state index contributed by atoms with van der Waals surface area (Å²) >= 11 is 0.